The zero-order valence-corrected chi connectivity index (χ0v) is 16.7. The van der Waals surface area contributed by atoms with Gasteiger partial charge in [0.2, 0.25) is 0 Å². The van der Waals surface area contributed by atoms with E-state index in [2.05, 4.69) is 10.3 Å². The van der Waals surface area contributed by atoms with E-state index in [4.69, 9.17) is 4.74 Å². The predicted molar refractivity (Wildman–Crippen MR) is 119 cm³/mol. The maximum Gasteiger partial charge on any atom is 0.259 e. The van der Waals surface area contributed by atoms with Crippen LogP contribution in [0.1, 0.15) is 10.4 Å². The molecule has 0 saturated carbocycles. The number of para-hydroxylation sites is 3. The van der Waals surface area contributed by atoms with Crippen LogP contribution < -0.4 is 10.1 Å². The number of thiazole rings is 1. The van der Waals surface area contributed by atoms with Crippen LogP contribution in [0.15, 0.2) is 96.6 Å². The van der Waals surface area contributed by atoms with E-state index in [9.17, 15) is 4.79 Å². The second kappa shape index (κ2) is 7.85. The highest BCUT2D eigenvalue weighted by atomic mass is 32.1. The van der Waals surface area contributed by atoms with Gasteiger partial charge in [0.25, 0.3) is 5.91 Å². The van der Waals surface area contributed by atoms with Gasteiger partial charge in [-0.15, -0.1) is 11.3 Å². The van der Waals surface area contributed by atoms with Crippen LogP contribution in [0.25, 0.3) is 16.2 Å². The van der Waals surface area contributed by atoms with Crippen LogP contribution in [0.4, 0.5) is 5.69 Å². The molecule has 5 nitrogen and oxygen atoms in total. The van der Waals surface area contributed by atoms with Crippen molar-refractivity contribution in [3.05, 3.63) is 102 Å². The van der Waals surface area contributed by atoms with E-state index in [0.717, 1.165) is 16.2 Å². The molecule has 0 saturated heterocycles. The van der Waals surface area contributed by atoms with Crippen LogP contribution in [0.3, 0.4) is 0 Å². The van der Waals surface area contributed by atoms with Gasteiger partial charge in [0.15, 0.2) is 4.96 Å². The minimum absolute atomic E-state index is 0.241. The molecule has 30 heavy (non-hydrogen) atoms. The van der Waals surface area contributed by atoms with Crippen LogP contribution in [0.5, 0.6) is 11.5 Å². The molecule has 2 heterocycles. The summed E-state index contributed by atoms with van der Waals surface area (Å²) in [4.78, 5) is 18.7. The van der Waals surface area contributed by atoms with Gasteiger partial charge < -0.3 is 10.1 Å². The smallest absolute Gasteiger partial charge is 0.259 e. The molecule has 1 amide bonds. The van der Waals surface area contributed by atoms with Crippen molar-refractivity contribution in [2.45, 2.75) is 0 Å². The van der Waals surface area contributed by atoms with Gasteiger partial charge in [-0.05, 0) is 30.3 Å². The van der Waals surface area contributed by atoms with Gasteiger partial charge in [0.1, 0.15) is 11.5 Å². The molecular weight excluding hydrogens is 394 g/mol. The average molecular weight is 411 g/mol. The number of nitrogens with zero attached hydrogens (tertiary/aromatic N) is 2. The Bertz CT molecular complexity index is 1300. The molecule has 0 unspecified atom stereocenters. The molecule has 0 spiro atoms. The number of amides is 1. The van der Waals surface area contributed by atoms with Crippen LogP contribution in [0, 0.1) is 0 Å². The van der Waals surface area contributed by atoms with Gasteiger partial charge in [-0.25, -0.2) is 4.98 Å². The lowest BCUT2D eigenvalue weighted by molar-refractivity contribution is 0.102. The summed E-state index contributed by atoms with van der Waals surface area (Å²) < 4.78 is 7.91. The Hall–Kier alpha value is -3.90. The highest BCUT2D eigenvalue weighted by molar-refractivity contribution is 7.15. The third-order valence-electron chi connectivity index (χ3n) is 4.65. The number of carbonyl (C=O) groups excluding carboxylic acids is 1. The van der Waals surface area contributed by atoms with Gasteiger partial charge in [-0.1, -0.05) is 48.5 Å². The summed E-state index contributed by atoms with van der Waals surface area (Å²) >= 11 is 1.57. The lowest BCUT2D eigenvalue weighted by Gasteiger charge is -2.13. The first-order valence-corrected chi connectivity index (χ1v) is 10.3. The number of fused-ring (bicyclic) bond motifs is 1. The van der Waals surface area contributed by atoms with Crippen molar-refractivity contribution in [2.75, 3.05) is 5.32 Å². The number of imidazole rings is 1. The second-order valence-corrected chi connectivity index (χ2v) is 7.50. The van der Waals surface area contributed by atoms with Crippen molar-refractivity contribution in [3.8, 4) is 22.8 Å². The summed E-state index contributed by atoms with van der Waals surface area (Å²) in [6.07, 6.45) is 3.93. The summed E-state index contributed by atoms with van der Waals surface area (Å²) in [5, 5.41) is 5.01. The van der Waals surface area contributed by atoms with E-state index in [0.29, 0.717) is 22.7 Å². The van der Waals surface area contributed by atoms with Crippen molar-refractivity contribution in [2.24, 2.45) is 0 Å². The Morgan fingerprint density at radius 1 is 0.933 bits per heavy atom. The largest absolute Gasteiger partial charge is 0.457 e. The maximum atomic E-state index is 13.1. The Morgan fingerprint density at radius 3 is 2.57 bits per heavy atom. The molecule has 3 aromatic carbocycles. The van der Waals surface area contributed by atoms with Gasteiger partial charge in [0.05, 0.1) is 16.9 Å². The third-order valence-corrected chi connectivity index (χ3v) is 5.42. The molecular formula is C24H17N3O2S. The zero-order valence-electron chi connectivity index (χ0n) is 15.9. The molecule has 0 aliphatic carbocycles. The fraction of sp³-hybridized carbons (Fsp3) is 0. The SMILES string of the molecule is O=C(Nc1ccccc1-c1cn2ccsc2n1)c1ccccc1Oc1ccccc1. The van der Waals surface area contributed by atoms with Gasteiger partial charge >= 0.3 is 0 Å². The number of carbonyl (C=O) groups is 1. The third kappa shape index (κ3) is 3.56. The first-order chi connectivity index (χ1) is 14.8. The molecule has 1 N–H and O–H groups in total. The van der Waals surface area contributed by atoms with Crippen molar-refractivity contribution in [1.29, 1.82) is 0 Å². The number of benzene rings is 3. The Labute approximate surface area is 177 Å². The Kier molecular flexibility index (Phi) is 4.75. The van der Waals surface area contributed by atoms with E-state index in [1.165, 1.54) is 0 Å². The van der Waals surface area contributed by atoms with Crippen molar-refractivity contribution in [1.82, 2.24) is 9.38 Å². The minimum Gasteiger partial charge on any atom is -0.457 e. The monoisotopic (exact) mass is 411 g/mol. The lowest BCUT2D eigenvalue weighted by Crippen LogP contribution is -2.13. The summed E-state index contributed by atoms with van der Waals surface area (Å²) in [5.74, 6) is 0.937. The first kappa shape index (κ1) is 18.1. The van der Waals surface area contributed by atoms with Crippen LogP contribution >= 0.6 is 11.3 Å². The number of anilines is 1. The van der Waals surface area contributed by atoms with Gasteiger partial charge in [-0.2, -0.15) is 0 Å². The highest BCUT2D eigenvalue weighted by Gasteiger charge is 2.16. The molecule has 5 rings (SSSR count). The summed E-state index contributed by atoms with van der Waals surface area (Å²) in [6, 6.07) is 24.3. The van der Waals surface area contributed by atoms with Crippen LogP contribution in [-0.2, 0) is 0 Å². The molecule has 0 aliphatic rings. The normalized spacial score (nSPS) is 10.8. The molecule has 0 aliphatic heterocycles. The van der Waals surface area contributed by atoms with E-state index >= 15 is 0 Å². The molecule has 0 fully saturated rings. The molecule has 0 radical (unpaired) electrons. The highest BCUT2D eigenvalue weighted by Crippen LogP contribution is 2.30. The van der Waals surface area contributed by atoms with Gasteiger partial charge in [-0.3, -0.25) is 9.20 Å². The molecule has 6 heteroatoms. The summed E-state index contributed by atoms with van der Waals surface area (Å²) in [6.45, 7) is 0. The number of aromatic nitrogens is 2. The van der Waals surface area contributed by atoms with Gasteiger partial charge in [0, 0.05) is 23.3 Å². The van der Waals surface area contributed by atoms with Crippen LogP contribution in [0.2, 0.25) is 0 Å². The molecule has 2 aromatic heterocycles. The number of rotatable bonds is 5. The minimum atomic E-state index is -0.241. The number of nitrogens with one attached hydrogen (secondary N) is 1. The second-order valence-electron chi connectivity index (χ2n) is 6.63. The number of hydrogen-bond acceptors (Lipinski definition) is 4. The molecule has 0 atom stereocenters. The standard InChI is InChI=1S/C24H17N3O2S/c28-23(19-11-5-7-13-22(19)29-17-8-2-1-3-9-17)25-20-12-6-4-10-18(20)21-16-27-14-15-30-24(27)26-21/h1-16H,(H,25,28). The lowest BCUT2D eigenvalue weighted by atomic mass is 10.1. The van der Waals surface area contributed by atoms with Crippen molar-refractivity contribution < 1.29 is 9.53 Å². The number of hydrogen-bond donors (Lipinski definition) is 1. The van der Waals surface area contributed by atoms with Crippen LogP contribution in [-0.4, -0.2) is 15.3 Å². The fourth-order valence-electron chi connectivity index (χ4n) is 3.22. The van der Waals surface area contributed by atoms with E-state index in [-0.39, 0.29) is 5.91 Å². The van der Waals surface area contributed by atoms with Crippen molar-refractivity contribution in [3.63, 3.8) is 0 Å². The van der Waals surface area contributed by atoms with Crippen molar-refractivity contribution >= 4 is 27.9 Å². The number of ether oxygens (including phenoxy) is 1. The Morgan fingerprint density at radius 2 is 1.70 bits per heavy atom. The van der Waals surface area contributed by atoms with E-state index < -0.39 is 0 Å². The summed E-state index contributed by atoms with van der Waals surface area (Å²) in [5.41, 5.74) is 2.83. The fourth-order valence-corrected chi connectivity index (χ4v) is 3.92. The molecule has 146 valence electrons. The predicted octanol–water partition coefficient (Wildman–Crippen LogP) is 6.11. The van der Waals surface area contributed by atoms with E-state index in [1.54, 1.807) is 23.5 Å². The quantitative estimate of drug-likeness (QED) is 0.380. The maximum absolute atomic E-state index is 13.1. The summed E-state index contributed by atoms with van der Waals surface area (Å²) in [7, 11) is 0. The Balaban J connectivity index is 1.45. The molecule has 0 bridgehead atoms. The zero-order chi connectivity index (χ0) is 20.3. The van der Waals surface area contributed by atoms with E-state index in [1.807, 2.05) is 88.9 Å². The first-order valence-electron chi connectivity index (χ1n) is 9.43. The topological polar surface area (TPSA) is 55.6 Å². The molecule has 5 aromatic rings. The average Bonchev–Trinajstić information content (AvgIpc) is 3.38.